The quantitative estimate of drug-likeness (QED) is 0.596. The number of nitrogens with zero attached hydrogens (tertiary/aromatic N) is 2. The molecule has 9 heteroatoms. The number of carbonyl (C=O) groups excluding carboxylic acids is 2. The first-order chi connectivity index (χ1) is 12.9. The van der Waals surface area contributed by atoms with Crippen molar-refractivity contribution in [2.24, 2.45) is 5.92 Å². The second-order valence-electron chi connectivity index (χ2n) is 7.06. The molecule has 2 heterocycles. The van der Waals surface area contributed by atoms with Gasteiger partial charge < -0.3 is 14.8 Å². The number of ether oxygens (including phenoxy) is 2. The summed E-state index contributed by atoms with van der Waals surface area (Å²) in [5, 5.41) is 13.9. The summed E-state index contributed by atoms with van der Waals surface area (Å²) < 4.78 is 11.2. The number of nitrogens with one attached hydrogen (secondary N) is 1. The van der Waals surface area contributed by atoms with Gasteiger partial charge in [-0.2, -0.15) is 0 Å². The van der Waals surface area contributed by atoms with E-state index in [9.17, 15) is 19.7 Å². The van der Waals surface area contributed by atoms with Crippen LogP contribution in [-0.2, 0) is 14.3 Å². The number of carbonyl (C=O) groups is 2. The second kappa shape index (κ2) is 7.91. The van der Waals surface area contributed by atoms with Crippen LogP contribution < -0.4 is 15.0 Å². The maximum atomic E-state index is 12.8. The molecular weight excluding hydrogens is 354 g/mol. The first-order valence-electron chi connectivity index (χ1n) is 9.01. The van der Waals surface area contributed by atoms with Crippen molar-refractivity contribution in [3.05, 3.63) is 28.3 Å². The molecule has 2 amide bonds. The molecule has 3 rings (SSSR count). The van der Waals surface area contributed by atoms with E-state index >= 15 is 0 Å². The number of nitro groups is 1. The average molecular weight is 377 g/mol. The highest BCUT2D eigenvalue weighted by atomic mass is 16.6. The van der Waals surface area contributed by atoms with E-state index < -0.39 is 11.0 Å². The van der Waals surface area contributed by atoms with Crippen molar-refractivity contribution in [1.82, 2.24) is 5.32 Å². The minimum atomic E-state index is -0.745. The lowest BCUT2D eigenvalue weighted by molar-refractivity contribution is -0.384. The first-order valence-corrected chi connectivity index (χ1v) is 9.01. The largest absolute Gasteiger partial charge is 0.478 e. The van der Waals surface area contributed by atoms with Crippen LogP contribution in [0.1, 0.15) is 26.7 Å². The molecule has 0 bridgehead atoms. The zero-order valence-corrected chi connectivity index (χ0v) is 15.3. The highest BCUT2D eigenvalue weighted by Crippen LogP contribution is 2.38. The van der Waals surface area contributed by atoms with Crippen LogP contribution >= 0.6 is 0 Å². The third kappa shape index (κ3) is 4.19. The molecule has 0 aromatic heterocycles. The topological polar surface area (TPSA) is 111 Å². The summed E-state index contributed by atoms with van der Waals surface area (Å²) in [6.07, 6.45) is 1.10. The number of anilines is 1. The van der Waals surface area contributed by atoms with Crippen LogP contribution in [0.3, 0.4) is 0 Å². The number of fused-ring (bicyclic) bond motifs is 1. The van der Waals surface area contributed by atoms with Crippen LogP contribution in [0, 0.1) is 16.0 Å². The fraction of sp³-hybridized carbons (Fsp3) is 0.556. The van der Waals surface area contributed by atoms with Crippen molar-refractivity contribution in [1.29, 1.82) is 0 Å². The minimum absolute atomic E-state index is 0.00822. The second-order valence-corrected chi connectivity index (χ2v) is 7.06. The van der Waals surface area contributed by atoms with Gasteiger partial charge in [-0.15, -0.1) is 0 Å². The van der Waals surface area contributed by atoms with Gasteiger partial charge in [-0.25, -0.2) is 0 Å². The highest BCUT2D eigenvalue weighted by Gasteiger charge is 2.38. The van der Waals surface area contributed by atoms with Gasteiger partial charge in [-0.3, -0.25) is 24.6 Å². The summed E-state index contributed by atoms with van der Waals surface area (Å²) in [6, 6.07) is 4.05. The van der Waals surface area contributed by atoms with E-state index in [1.807, 2.05) is 13.8 Å². The van der Waals surface area contributed by atoms with E-state index in [1.165, 1.54) is 23.1 Å². The summed E-state index contributed by atoms with van der Waals surface area (Å²) in [4.78, 5) is 37.0. The molecule has 1 saturated heterocycles. The monoisotopic (exact) mass is 377 g/mol. The number of hydrogen-bond donors (Lipinski definition) is 1. The Morgan fingerprint density at radius 2 is 2.22 bits per heavy atom. The number of rotatable bonds is 6. The van der Waals surface area contributed by atoms with Crippen LogP contribution in [0.4, 0.5) is 11.4 Å². The molecule has 9 nitrogen and oxygen atoms in total. The molecule has 1 fully saturated rings. The average Bonchev–Trinajstić information content (AvgIpc) is 3.15. The molecule has 2 aliphatic heterocycles. The summed E-state index contributed by atoms with van der Waals surface area (Å²) in [5.74, 6) is -0.491. The predicted molar refractivity (Wildman–Crippen MR) is 96.7 cm³/mol. The van der Waals surface area contributed by atoms with Gasteiger partial charge >= 0.3 is 0 Å². The number of hydrogen-bond acceptors (Lipinski definition) is 6. The molecule has 0 saturated carbocycles. The normalized spacial score (nSPS) is 21.7. The molecule has 2 unspecified atom stereocenters. The lowest BCUT2D eigenvalue weighted by Gasteiger charge is -2.35. The van der Waals surface area contributed by atoms with Gasteiger partial charge in [0, 0.05) is 25.3 Å². The van der Waals surface area contributed by atoms with Crippen molar-refractivity contribution in [3.63, 3.8) is 0 Å². The van der Waals surface area contributed by atoms with Crippen molar-refractivity contribution in [2.45, 2.75) is 38.9 Å². The van der Waals surface area contributed by atoms with Gasteiger partial charge in [0.05, 0.1) is 16.7 Å². The van der Waals surface area contributed by atoms with Gasteiger partial charge in [0.1, 0.15) is 12.3 Å². The highest BCUT2D eigenvalue weighted by molar-refractivity contribution is 6.04. The van der Waals surface area contributed by atoms with E-state index in [1.54, 1.807) is 0 Å². The zero-order valence-electron chi connectivity index (χ0n) is 15.3. The zero-order chi connectivity index (χ0) is 19.6. The SMILES string of the molecule is CC(C)C1Oc2ccc([N+](=O)[O-])cc2N(CC(=O)NCC2CCCO2)C1=O. The smallest absolute Gasteiger partial charge is 0.271 e. The molecule has 2 atom stereocenters. The van der Waals surface area contributed by atoms with Gasteiger partial charge in [-0.1, -0.05) is 13.8 Å². The number of benzene rings is 1. The van der Waals surface area contributed by atoms with Gasteiger partial charge in [0.15, 0.2) is 6.10 Å². The summed E-state index contributed by atoms with van der Waals surface area (Å²) >= 11 is 0. The molecule has 1 aromatic carbocycles. The first kappa shape index (κ1) is 19.1. The fourth-order valence-corrected chi connectivity index (χ4v) is 3.21. The summed E-state index contributed by atoms with van der Waals surface area (Å²) in [6.45, 7) is 4.53. The maximum absolute atomic E-state index is 12.8. The fourth-order valence-electron chi connectivity index (χ4n) is 3.21. The Balaban J connectivity index is 1.80. The third-order valence-corrected chi connectivity index (χ3v) is 4.67. The van der Waals surface area contributed by atoms with E-state index in [-0.39, 0.29) is 41.8 Å². The Morgan fingerprint density at radius 1 is 1.44 bits per heavy atom. The Labute approximate surface area is 156 Å². The third-order valence-electron chi connectivity index (χ3n) is 4.67. The van der Waals surface area contributed by atoms with Gasteiger partial charge in [0.25, 0.3) is 11.6 Å². The molecule has 1 N–H and O–H groups in total. The lowest BCUT2D eigenvalue weighted by Crippen LogP contribution is -2.52. The van der Waals surface area contributed by atoms with Crippen molar-refractivity contribution in [2.75, 3.05) is 24.6 Å². The van der Waals surface area contributed by atoms with Crippen LogP contribution in [-0.4, -0.2) is 48.6 Å². The van der Waals surface area contributed by atoms with Crippen LogP contribution in [0.25, 0.3) is 0 Å². The maximum Gasteiger partial charge on any atom is 0.271 e. The predicted octanol–water partition coefficient (Wildman–Crippen LogP) is 1.64. The Morgan fingerprint density at radius 3 is 2.85 bits per heavy atom. The molecule has 146 valence electrons. The van der Waals surface area contributed by atoms with Crippen molar-refractivity contribution < 1.29 is 24.0 Å². The molecule has 27 heavy (non-hydrogen) atoms. The number of non-ortho nitro benzene ring substituents is 1. The Hall–Kier alpha value is -2.68. The van der Waals surface area contributed by atoms with E-state index in [0.717, 1.165) is 12.8 Å². The lowest BCUT2D eigenvalue weighted by atomic mass is 10.0. The van der Waals surface area contributed by atoms with Crippen molar-refractivity contribution >= 4 is 23.2 Å². The standard InChI is InChI=1S/C18H23N3O6/c1-11(2)17-18(23)20(10-16(22)19-9-13-4-3-7-26-13)14-8-12(21(24)25)5-6-15(14)27-17/h5-6,8,11,13,17H,3-4,7,9-10H2,1-2H3,(H,19,22). The van der Waals surface area contributed by atoms with E-state index in [2.05, 4.69) is 5.32 Å². The van der Waals surface area contributed by atoms with Gasteiger partial charge in [-0.05, 0) is 24.8 Å². The minimum Gasteiger partial charge on any atom is -0.478 e. The number of nitro benzene ring substituents is 1. The Kier molecular flexibility index (Phi) is 5.59. The molecule has 0 aliphatic carbocycles. The molecule has 2 aliphatic rings. The molecule has 0 radical (unpaired) electrons. The number of amides is 2. The van der Waals surface area contributed by atoms with Gasteiger partial charge in [0.2, 0.25) is 5.91 Å². The van der Waals surface area contributed by atoms with Crippen LogP contribution in [0.2, 0.25) is 0 Å². The summed E-state index contributed by atoms with van der Waals surface area (Å²) in [5.41, 5.74) is 0.0660. The van der Waals surface area contributed by atoms with Crippen LogP contribution in [0.5, 0.6) is 5.75 Å². The van der Waals surface area contributed by atoms with E-state index in [4.69, 9.17) is 9.47 Å². The van der Waals surface area contributed by atoms with Crippen molar-refractivity contribution in [3.8, 4) is 5.75 Å². The van der Waals surface area contributed by atoms with Crippen LogP contribution in [0.15, 0.2) is 18.2 Å². The Bertz CT molecular complexity index is 745. The molecule has 1 aromatic rings. The van der Waals surface area contributed by atoms with E-state index in [0.29, 0.717) is 18.9 Å². The molecular formula is C18H23N3O6. The summed E-state index contributed by atoms with van der Waals surface area (Å²) in [7, 11) is 0. The molecule has 0 spiro atoms.